The molecule has 1 unspecified atom stereocenters. The van der Waals surface area contributed by atoms with E-state index in [1.165, 1.54) is 7.11 Å². The van der Waals surface area contributed by atoms with Gasteiger partial charge < -0.3 is 25.2 Å². The highest BCUT2D eigenvalue weighted by atomic mass is 16.5. The molecule has 0 bridgehead atoms. The largest absolute Gasteiger partial charge is 0.481 e. The standard InChI is InChI=1S/C13H26N2O5/c1-10(2)20-7-5-4-6-14-13(18)15-9-11(19-3)8-12(16)17/h10-11H,4-9H2,1-3H3,(H,16,17)(H2,14,15,18). The van der Waals surface area contributed by atoms with Crippen molar-refractivity contribution >= 4 is 12.0 Å². The number of aliphatic carboxylic acids is 1. The zero-order valence-electron chi connectivity index (χ0n) is 12.5. The third kappa shape index (κ3) is 11.7. The van der Waals surface area contributed by atoms with Crippen LogP contribution < -0.4 is 10.6 Å². The van der Waals surface area contributed by atoms with Crippen LogP contribution in [0.3, 0.4) is 0 Å². The SMILES string of the molecule is COC(CNC(=O)NCCCCOC(C)C)CC(=O)O. The van der Waals surface area contributed by atoms with Gasteiger partial charge in [-0.15, -0.1) is 0 Å². The Morgan fingerprint density at radius 2 is 1.90 bits per heavy atom. The van der Waals surface area contributed by atoms with Gasteiger partial charge in [0.05, 0.1) is 18.6 Å². The van der Waals surface area contributed by atoms with Gasteiger partial charge in [-0.2, -0.15) is 0 Å². The minimum Gasteiger partial charge on any atom is -0.481 e. The topological polar surface area (TPSA) is 96.9 Å². The molecule has 7 nitrogen and oxygen atoms in total. The number of carbonyl (C=O) groups excluding carboxylic acids is 1. The summed E-state index contributed by atoms with van der Waals surface area (Å²) in [7, 11) is 1.42. The van der Waals surface area contributed by atoms with E-state index in [0.29, 0.717) is 13.2 Å². The smallest absolute Gasteiger partial charge is 0.314 e. The first kappa shape index (κ1) is 18.7. The Kier molecular flexibility index (Phi) is 10.7. The fourth-order valence-corrected chi connectivity index (χ4v) is 1.45. The van der Waals surface area contributed by atoms with E-state index in [9.17, 15) is 9.59 Å². The zero-order chi connectivity index (χ0) is 15.4. The van der Waals surface area contributed by atoms with Gasteiger partial charge in [-0.05, 0) is 26.7 Å². The van der Waals surface area contributed by atoms with Crippen molar-refractivity contribution in [3.05, 3.63) is 0 Å². The van der Waals surface area contributed by atoms with Gasteiger partial charge in [-0.3, -0.25) is 4.79 Å². The van der Waals surface area contributed by atoms with Crippen LogP contribution in [0.25, 0.3) is 0 Å². The molecule has 0 saturated carbocycles. The van der Waals surface area contributed by atoms with Crippen molar-refractivity contribution in [1.82, 2.24) is 10.6 Å². The Labute approximate surface area is 120 Å². The van der Waals surface area contributed by atoms with Crippen LogP contribution in [0, 0.1) is 0 Å². The number of nitrogens with one attached hydrogen (secondary N) is 2. The zero-order valence-corrected chi connectivity index (χ0v) is 12.5. The molecule has 0 aromatic rings. The predicted octanol–water partition coefficient (Wildman–Crippen LogP) is 0.981. The van der Waals surface area contributed by atoms with E-state index in [1.807, 2.05) is 13.8 Å². The molecule has 2 amide bonds. The number of rotatable bonds is 11. The van der Waals surface area contributed by atoms with Crippen LogP contribution >= 0.6 is 0 Å². The van der Waals surface area contributed by atoms with Crippen LogP contribution in [0.1, 0.15) is 33.1 Å². The molecule has 0 aliphatic rings. The van der Waals surface area contributed by atoms with E-state index >= 15 is 0 Å². The molecular formula is C13H26N2O5. The maximum absolute atomic E-state index is 11.4. The molecule has 1 atom stereocenters. The summed E-state index contributed by atoms with van der Waals surface area (Å²) in [6.45, 7) is 5.38. The third-order valence-corrected chi connectivity index (χ3v) is 2.53. The van der Waals surface area contributed by atoms with E-state index in [4.69, 9.17) is 14.6 Å². The van der Waals surface area contributed by atoms with Crippen LogP contribution in [0.5, 0.6) is 0 Å². The van der Waals surface area contributed by atoms with Crippen LogP contribution in [0.4, 0.5) is 4.79 Å². The van der Waals surface area contributed by atoms with Crippen LogP contribution in [-0.4, -0.2) is 56.1 Å². The van der Waals surface area contributed by atoms with Crippen LogP contribution in [0.2, 0.25) is 0 Å². The van der Waals surface area contributed by atoms with Gasteiger partial charge in [0.2, 0.25) is 0 Å². The molecule has 3 N–H and O–H groups in total. The fraction of sp³-hybridized carbons (Fsp3) is 0.846. The van der Waals surface area contributed by atoms with Crippen molar-refractivity contribution in [2.45, 2.75) is 45.3 Å². The predicted molar refractivity (Wildman–Crippen MR) is 74.8 cm³/mol. The van der Waals surface area contributed by atoms with Crippen molar-refractivity contribution in [2.24, 2.45) is 0 Å². The summed E-state index contributed by atoms with van der Waals surface area (Å²) in [6, 6.07) is -0.317. The maximum atomic E-state index is 11.4. The number of hydrogen-bond donors (Lipinski definition) is 3. The molecule has 0 spiro atoms. The first-order chi connectivity index (χ1) is 9.45. The molecule has 0 saturated heterocycles. The fourth-order valence-electron chi connectivity index (χ4n) is 1.45. The lowest BCUT2D eigenvalue weighted by molar-refractivity contribution is -0.139. The number of hydrogen-bond acceptors (Lipinski definition) is 4. The number of ether oxygens (including phenoxy) is 2. The van der Waals surface area contributed by atoms with E-state index < -0.39 is 12.1 Å². The minimum atomic E-state index is -0.954. The second-order valence-electron chi connectivity index (χ2n) is 4.72. The van der Waals surface area contributed by atoms with Crippen LogP contribution in [0.15, 0.2) is 0 Å². The maximum Gasteiger partial charge on any atom is 0.314 e. The summed E-state index contributed by atoms with van der Waals surface area (Å²) in [4.78, 5) is 21.9. The molecule has 0 heterocycles. The highest BCUT2D eigenvalue weighted by Crippen LogP contribution is 1.95. The summed E-state index contributed by atoms with van der Waals surface area (Å²) in [5.41, 5.74) is 0. The summed E-state index contributed by atoms with van der Waals surface area (Å²) in [5.74, 6) is -0.954. The number of amides is 2. The molecule has 0 aromatic carbocycles. The van der Waals surface area contributed by atoms with Gasteiger partial charge in [0.15, 0.2) is 0 Å². The first-order valence-electron chi connectivity index (χ1n) is 6.83. The lowest BCUT2D eigenvalue weighted by atomic mass is 10.2. The normalized spacial score (nSPS) is 12.2. The highest BCUT2D eigenvalue weighted by molar-refractivity contribution is 5.74. The average Bonchev–Trinajstić information content (AvgIpc) is 2.37. The van der Waals surface area contributed by atoms with E-state index in [1.54, 1.807) is 0 Å². The Bertz CT molecular complexity index is 284. The quantitative estimate of drug-likeness (QED) is 0.493. The van der Waals surface area contributed by atoms with Gasteiger partial charge in [0, 0.05) is 26.8 Å². The number of carboxylic acids is 1. The Morgan fingerprint density at radius 3 is 2.45 bits per heavy atom. The van der Waals surface area contributed by atoms with Crippen molar-refractivity contribution in [1.29, 1.82) is 0 Å². The second kappa shape index (κ2) is 11.5. The molecule has 0 fully saturated rings. The summed E-state index contributed by atoms with van der Waals surface area (Å²) in [5, 5.41) is 13.9. The lowest BCUT2D eigenvalue weighted by Gasteiger charge is -2.14. The third-order valence-electron chi connectivity index (χ3n) is 2.53. The Balaban J connectivity index is 3.55. The van der Waals surface area contributed by atoms with E-state index in [-0.39, 0.29) is 25.1 Å². The van der Waals surface area contributed by atoms with Crippen molar-refractivity contribution in [3.63, 3.8) is 0 Å². The van der Waals surface area contributed by atoms with Crippen molar-refractivity contribution in [2.75, 3.05) is 26.8 Å². The molecule has 118 valence electrons. The first-order valence-corrected chi connectivity index (χ1v) is 6.83. The average molecular weight is 290 g/mol. The Hall–Kier alpha value is -1.34. The number of unbranched alkanes of at least 4 members (excludes halogenated alkanes) is 1. The molecule has 7 heteroatoms. The van der Waals surface area contributed by atoms with E-state index in [0.717, 1.165) is 12.8 Å². The molecule has 0 radical (unpaired) electrons. The number of carboxylic acid groups (broad SMARTS) is 1. The number of methoxy groups -OCH3 is 1. The summed E-state index contributed by atoms with van der Waals surface area (Å²) in [6.07, 6.45) is 1.30. The summed E-state index contributed by atoms with van der Waals surface area (Å²) < 4.78 is 10.3. The molecule has 0 aromatic heterocycles. The van der Waals surface area contributed by atoms with Crippen molar-refractivity contribution < 1.29 is 24.2 Å². The number of urea groups is 1. The van der Waals surface area contributed by atoms with Gasteiger partial charge in [-0.25, -0.2) is 4.79 Å². The summed E-state index contributed by atoms with van der Waals surface area (Å²) >= 11 is 0. The van der Waals surface area contributed by atoms with Gasteiger partial charge in [0.25, 0.3) is 0 Å². The molecule has 0 rings (SSSR count). The van der Waals surface area contributed by atoms with Gasteiger partial charge in [-0.1, -0.05) is 0 Å². The van der Waals surface area contributed by atoms with Crippen LogP contribution in [-0.2, 0) is 14.3 Å². The van der Waals surface area contributed by atoms with E-state index in [2.05, 4.69) is 10.6 Å². The van der Waals surface area contributed by atoms with Crippen molar-refractivity contribution in [3.8, 4) is 0 Å². The Morgan fingerprint density at radius 1 is 1.20 bits per heavy atom. The molecule has 0 aliphatic carbocycles. The molecular weight excluding hydrogens is 264 g/mol. The lowest BCUT2D eigenvalue weighted by Crippen LogP contribution is -2.41. The molecule has 0 aliphatic heterocycles. The monoisotopic (exact) mass is 290 g/mol. The number of carbonyl (C=O) groups is 2. The van der Waals surface area contributed by atoms with Gasteiger partial charge in [0.1, 0.15) is 0 Å². The highest BCUT2D eigenvalue weighted by Gasteiger charge is 2.13. The van der Waals surface area contributed by atoms with Gasteiger partial charge >= 0.3 is 12.0 Å². The minimum absolute atomic E-state index is 0.136. The molecule has 20 heavy (non-hydrogen) atoms. The second-order valence-corrected chi connectivity index (χ2v) is 4.72.